The first-order valence-corrected chi connectivity index (χ1v) is 13.0. The van der Waals surface area contributed by atoms with Gasteiger partial charge in [-0.15, -0.1) is 0 Å². The molecular formula is C25H32N2O2S. The number of anilines is 1. The Morgan fingerprint density at radius 1 is 0.867 bits per heavy atom. The van der Waals surface area contributed by atoms with Gasteiger partial charge in [0.1, 0.15) is 0 Å². The van der Waals surface area contributed by atoms with Crippen molar-refractivity contribution in [1.29, 1.82) is 0 Å². The zero-order valence-electron chi connectivity index (χ0n) is 17.8. The topological polar surface area (TPSA) is 40.6 Å². The van der Waals surface area contributed by atoms with Crippen LogP contribution in [0.25, 0.3) is 11.1 Å². The van der Waals surface area contributed by atoms with Gasteiger partial charge in [0.2, 0.25) is 10.0 Å². The van der Waals surface area contributed by atoms with Crippen LogP contribution in [-0.4, -0.2) is 37.9 Å². The van der Waals surface area contributed by atoms with E-state index in [0.29, 0.717) is 10.8 Å². The summed E-state index contributed by atoms with van der Waals surface area (Å²) in [6.07, 6.45) is 7.82. The lowest BCUT2D eigenvalue weighted by atomic mass is 10.0. The molecule has 1 saturated carbocycles. The molecular weight excluding hydrogens is 392 g/mol. The van der Waals surface area contributed by atoms with Crippen molar-refractivity contribution < 1.29 is 8.42 Å². The predicted molar refractivity (Wildman–Crippen MR) is 122 cm³/mol. The van der Waals surface area contributed by atoms with Crippen LogP contribution < -0.4 is 4.90 Å². The standard InChI is InChI=1S/C25H32N2O2S/c1-2-22-18-21-6-5-7-25(21)27(22)30(28,29)24-14-10-20(11-15-24)19-8-12-23(13-9-19)26-16-3-4-17-26/h8-15,21-22,25H,2-7,16-18H2,1H3/t21-,22+,25-/m1/s1. The maximum absolute atomic E-state index is 13.5. The average molecular weight is 425 g/mol. The van der Waals surface area contributed by atoms with Gasteiger partial charge in [0.15, 0.2) is 0 Å². The summed E-state index contributed by atoms with van der Waals surface area (Å²) in [5.41, 5.74) is 3.47. The number of fused-ring (bicyclic) bond motifs is 1. The number of hydrogen-bond donors (Lipinski definition) is 0. The lowest BCUT2D eigenvalue weighted by Gasteiger charge is -2.28. The average Bonchev–Trinajstić information content (AvgIpc) is 3.51. The van der Waals surface area contributed by atoms with Gasteiger partial charge < -0.3 is 4.90 Å². The van der Waals surface area contributed by atoms with E-state index in [2.05, 4.69) is 36.1 Å². The predicted octanol–water partition coefficient (Wildman–Crippen LogP) is 5.30. The van der Waals surface area contributed by atoms with E-state index >= 15 is 0 Å². The van der Waals surface area contributed by atoms with Crippen molar-refractivity contribution in [1.82, 2.24) is 4.31 Å². The molecule has 0 N–H and O–H groups in total. The fraction of sp³-hybridized carbons (Fsp3) is 0.520. The van der Waals surface area contributed by atoms with E-state index in [-0.39, 0.29) is 12.1 Å². The Morgan fingerprint density at radius 2 is 1.50 bits per heavy atom. The molecule has 2 heterocycles. The summed E-state index contributed by atoms with van der Waals surface area (Å²) in [6, 6.07) is 16.5. The maximum Gasteiger partial charge on any atom is 0.243 e. The summed E-state index contributed by atoms with van der Waals surface area (Å²) < 4.78 is 28.9. The summed E-state index contributed by atoms with van der Waals surface area (Å²) in [7, 11) is -3.44. The van der Waals surface area contributed by atoms with Crippen LogP contribution in [-0.2, 0) is 10.0 Å². The molecule has 0 bridgehead atoms. The molecule has 3 aliphatic rings. The third kappa shape index (κ3) is 3.46. The van der Waals surface area contributed by atoms with Crippen molar-refractivity contribution in [3.63, 3.8) is 0 Å². The summed E-state index contributed by atoms with van der Waals surface area (Å²) in [5, 5.41) is 0. The molecule has 30 heavy (non-hydrogen) atoms. The fourth-order valence-electron chi connectivity index (χ4n) is 5.85. The lowest BCUT2D eigenvalue weighted by Crippen LogP contribution is -2.41. The summed E-state index contributed by atoms with van der Waals surface area (Å²) >= 11 is 0. The van der Waals surface area contributed by atoms with E-state index in [1.807, 2.05) is 16.4 Å². The van der Waals surface area contributed by atoms with Crippen LogP contribution >= 0.6 is 0 Å². The quantitative estimate of drug-likeness (QED) is 0.654. The Kier molecular flexibility index (Phi) is 5.36. The Balaban J connectivity index is 1.37. The zero-order chi connectivity index (χ0) is 20.7. The molecule has 5 rings (SSSR count). The van der Waals surface area contributed by atoms with Gasteiger partial charge in [-0.3, -0.25) is 0 Å². The minimum atomic E-state index is -3.44. The number of sulfonamides is 1. The van der Waals surface area contributed by atoms with Crippen molar-refractivity contribution in [2.45, 2.75) is 68.8 Å². The molecule has 4 nitrogen and oxygen atoms in total. The van der Waals surface area contributed by atoms with Crippen LogP contribution in [0.1, 0.15) is 51.9 Å². The lowest BCUT2D eigenvalue weighted by molar-refractivity contribution is 0.307. The van der Waals surface area contributed by atoms with Crippen molar-refractivity contribution in [3.05, 3.63) is 48.5 Å². The van der Waals surface area contributed by atoms with Crippen molar-refractivity contribution in [2.24, 2.45) is 5.92 Å². The zero-order valence-corrected chi connectivity index (χ0v) is 18.7. The molecule has 0 spiro atoms. The van der Waals surface area contributed by atoms with Gasteiger partial charge in [-0.05, 0) is 79.8 Å². The highest BCUT2D eigenvalue weighted by Gasteiger charge is 2.48. The van der Waals surface area contributed by atoms with E-state index < -0.39 is 10.0 Å². The molecule has 3 fully saturated rings. The summed E-state index contributed by atoms with van der Waals surface area (Å²) in [5.74, 6) is 0.554. The maximum atomic E-state index is 13.5. The molecule has 2 aromatic carbocycles. The molecule has 160 valence electrons. The van der Waals surface area contributed by atoms with E-state index in [4.69, 9.17) is 0 Å². The highest BCUT2D eigenvalue weighted by Crippen LogP contribution is 2.45. The first-order chi connectivity index (χ1) is 14.6. The monoisotopic (exact) mass is 424 g/mol. The molecule has 0 unspecified atom stereocenters. The number of nitrogens with zero attached hydrogens (tertiary/aromatic N) is 2. The highest BCUT2D eigenvalue weighted by atomic mass is 32.2. The SMILES string of the molecule is CC[C@H]1C[C@H]2CCC[C@H]2N1S(=O)(=O)c1ccc(-c2ccc(N3CCCC3)cc2)cc1. The minimum absolute atomic E-state index is 0.156. The fourth-order valence-corrected chi connectivity index (χ4v) is 7.84. The number of benzene rings is 2. The van der Waals surface area contributed by atoms with Gasteiger partial charge in [-0.25, -0.2) is 8.42 Å². The Hall–Kier alpha value is -1.85. The molecule has 5 heteroatoms. The normalized spacial score (nSPS) is 27.0. The largest absolute Gasteiger partial charge is 0.372 e. The molecule has 1 aliphatic carbocycles. The molecule has 3 atom stereocenters. The van der Waals surface area contributed by atoms with Gasteiger partial charge in [-0.1, -0.05) is 37.6 Å². The molecule has 0 aromatic heterocycles. The highest BCUT2D eigenvalue weighted by molar-refractivity contribution is 7.89. The van der Waals surface area contributed by atoms with E-state index in [1.165, 1.54) is 24.9 Å². The Morgan fingerprint density at radius 3 is 2.13 bits per heavy atom. The van der Waals surface area contributed by atoms with Crippen LogP contribution in [0.2, 0.25) is 0 Å². The molecule has 2 saturated heterocycles. The van der Waals surface area contributed by atoms with Crippen molar-refractivity contribution >= 4 is 15.7 Å². The van der Waals surface area contributed by atoms with Crippen LogP contribution in [0.3, 0.4) is 0 Å². The Bertz CT molecular complexity index is 979. The smallest absolute Gasteiger partial charge is 0.243 e. The summed E-state index contributed by atoms with van der Waals surface area (Å²) in [4.78, 5) is 2.86. The second-order valence-electron chi connectivity index (χ2n) is 9.16. The second kappa shape index (κ2) is 8.01. The van der Waals surface area contributed by atoms with E-state index in [1.54, 1.807) is 12.1 Å². The van der Waals surface area contributed by atoms with E-state index in [0.717, 1.165) is 49.9 Å². The molecule has 0 amide bonds. The Labute approximate surface area is 180 Å². The second-order valence-corrected chi connectivity index (χ2v) is 11.0. The first kappa shape index (κ1) is 20.1. The van der Waals surface area contributed by atoms with Crippen molar-refractivity contribution in [2.75, 3.05) is 18.0 Å². The van der Waals surface area contributed by atoms with Crippen LogP contribution in [0.4, 0.5) is 5.69 Å². The van der Waals surface area contributed by atoms with Gasteiger partial charge >= 0.3 is 0 Å². The van der Waals surface area contributed by atoms with Gasteiger partial charge in [-0.2, -0.15) is 4.31 Å². The van der Waals surface area contributed by atoms with Crippen molar-refractivity contribution in [3.8, 4) is 11.1 Å². The van der Waals surface area contributed by atoms with Crippen LogP contribution in [0, 0.1) is 5.92 Å². The van der Waals surface area contributed by atoms with Crippen LogP contribution in [0.15, 0.2) is 53.4 Å². The van der Waals surface area contributed by atoms with E-state index in [9.17, 15) is 8.42 Å². The number of rotatable bonds is 5. The molecule has 0 radical (unpaired) electrons. The minimum Gasteiger partial charge on any atom is -0.372 e. The van der Waals surface area contributed by atoms with Gasteiger partial charge in [0, 0.05) is 30.9 Å². The van der Waals surface area contributed by atoms with Gasteiger partial charge in [0.25, 0.3) is 0 Å². The molecule has 2 aromatic rings. The third-order valence-corrected chi connectivity index (χ3v) is 9.45. The number of hydrogen-bond acceptors (Lipinski definition) is 3. The van der Waals surface area contributed by atoms with Crippen LogP contribution in [0.5, 0.6) is 0 Å². The van der Waals surface area contributed by atoms with Gasteiger partial charge in [0.05, 0.1) is 4.90 Å². The first-order valence-electron chi connectivity index (χ1n) is 11.6. The molecule has 2 aliphatic heterocycles. The third-order valence-electron chi connectivity index (χ3n) is 7.45. The summed E-state index contributed by atoms with van der Waals surface area (Å²) in [6.45, 7) is 4.40.